The van der Waals surface area contributed by atoms with Crippen LogP contribution >= 0.6 is 0 Å². The third-order valence-corrected chi connectivity index (χ3v) is 4.94. The number of hydrogen-bond donors (Lipinski definition) is 1. The highest BCUT2D eigenvalue weighted by atomic mass is 32.2. The molecule has 0 bridgehead atoms. The summed E-state index contributed by atoms with van der Waals surface area (Å²) in [5, 5.41) is 2.70. The molecule has 0 aromatic heterocycles. The second-order valence-corrected chi connectivity index (χ2v) is 7.92. The number of sulfonamides is 1. The predicted molar refractivity (Wildman–Crippen MR) is 99.4 cm³/mol. The summed E-state index contributed by atoms with van der Waals surface area (Å²) in [7, 11) is -3.61. The van der Waals surface area contributed by atoms with Crippen molar-refractivity contribution in [3.8, 4) is 11.5 Å². The molecule has 1 aliphatic rings. The van der Waals surface area contributed by atoms with Crippen molar-refractivity contribution in [2.45, 2.75) is 6.92 Å². The monoisotopic (exact) mass is 376 g/mol. The second-order valence-electron chi connectivity index (χ2n) is 6.02. The maximum Gasteiger partial charge on any atom is 0.245 e. The van der Waals surface area contributed by atoms with E-state index in [1.54, 1.807) is 36.4 Å². The summed E-state index contributed by atoms with van der Waals surface area (Å²) in [5.41, 5.74) is 1.87. The molecule has 1 aliphatic heterocycles. The van der Waals surface area contributed by atoms with Crippen LogP contribution in [0.1, 0.15) is 5.56 Å². The molecule has 1 heterocycles. The molecule has 0 radical (unpaired) electrons. The van der Waals surface area contributed by atoms with Crippen LogP contribution in [0.25, 0.3) is 0 Å². The number of hydrogen-bond acceptors (Lipinski definition) is 5. The quantitative estimate of drug-likeness (QED) is 0.864. The number of fused-ring (bicyclic) bond motifs is 1. The molecule has 0 saturated carbocycles. The van der Waals surface area contributed by atoms with Gasteiger partial charge in [-0.2, -0.15) is 0 Å². The third-order valence-electron chi connectivity index (χ3n) is 3.80. The molecule has 3 rings (SSSR count). The number of nitrogens with zero attached hydrogens (tertiary/aromatic N) is 1. The van der Waals surface area contributed by atoms with Gasteiger partial charge >= 0.3 is 0 Å². The molecule has 2 aromatic rings. The van der Waals surface area contributed by atoms with Gasteiger partial charge in [-0.3, -0.25) is 9.10 Å². The van der Waals surface area contributed by atoms with Crippen LogP contribution in [0, 0.1) is 6.92 Å². The Labute approximate surface area is 152 Å². The van der Waals surface area contributed by atoms with Gasteiger partial charge < -0.3 is 14.8 Å². The Balaban J connectivity index is 1.76. The van der Waals surface area contributed by atoms with Gasteiger partial charge in [-0.05, 0) is 36.8 Å². The van der Waals surface area contributed by atoms with Gasteiger partial charge in [0.15, 0.2) is 11.5 Å². The Morgan fingerprint density at radius 1 is 1.12 bits per heavy atom. The zero-order valence-corrected chi connectivity index (χ0v) is 15.4. The van der Waals surface area contributed by atoms with E-state index in [4.69, 9.17) is 9.47 Å². The second kappa shape index (κ2) is 7.25. The summed E-state index contributed by atoms with van der Waals surface area (Å²) in [6.45, 7) is 2.47. The van der Waals surface area contributed by atoms with Gasteiger partial charge in [0.2, 0.25) is 15.9 Å². The lowest BCUT2D eigenvalue weighted by Gasteiger charge is -2.22. The lowest BCUT2D eigenvalue weighted by Crippen LogP contribution is -2.37. The highest BCUT2D eigenvalue weighted by Crippen LogP contribution is 2.32. The van der Waals surface area contributed by atoms with Gasteiger partial charge in [-0.25, -0.2) is 8.42 Å². The van der Waals surface area contributed by atoms with Crippen LogP contribution in [0.15, 0.2) is 42.5 Å². The molecule has 2 aromatic carbocycles. The van der Waals surface area contributed by atoms with Gasteiger partial charge in [0, 0.05) is 11.8 Å². The van der Waals surface area contributed by atoms with Crippen molar-refractivity contribution in [1.29, 1.82) is 0 Å². The molecule has 138 valence electrons. The normalized spacial score (nSPS) is 13.2. The van der Waals surface area contributed by atoms with E-state index in [1.807, 2.05) is 13.0 Å². The van der Waals surface area contributed by atoms with Crippen molar-refractivity contribution in [2.75, 3.05) is 35.6 Å². The van der Waals surface area contributed by atoms with E-state index in [9.17, 15) is 13.2 Å². The van der Waals surface area contributed by atoms with Crippen LogP contribution < -0.4 is 19.1 Å². The molecule has 0 saturated heterocycles. The molecule has 0 atom stereocenters. The molecule has 1 amide bonds. The van der Waals surface area contributed by atoms with Gasteiger partial charge in [-0.15, -0.1) is 0 Å². The minimum Gasteiger partial charge on any atom is -0.486 e. The van der Waals surface area contributed by atoms with Crippen molar-refractivity contribution >= 4 is 27.3 Å². The van der Waals surface area contributed by atoms with Gasteiger partial charge in [0.1, 0.15) is 19.8 Å². The number of carbonyl (C=O) groups is 1. The number of amides is 1. The van der Waals surface area contributed by atoms with E-state index in [1.165, 1.54) is 0 Å². The number of benzene rings is 2. The van der Waals surface area contributed by atoms with E-state index in [2.05, 4.69) is 5.32 Å². The van der Waals surface area contributed by atoms with Gasteiger partial charge in [0.25, 0.3) is 0 Å². The van der Waals surface area contributed by atoms with Crippen molar-refractivity contribution in [1.82, 2.24) is 0 Å². The third kappa shape index (κ3) is 4.26. The number of nitrogens with one attached hydrogen (secondary N) is 1. The number of aryl methyl sites for hydroxylation is 1. The lowest BCUT2D eigenvalue weighted by molar-refractivity contribution is -0.114. The summed E-state index contributed by atoms with van der Waals surface area (Å²) in [5.74, 6) is 0.716. The van der Waals surface area contributed by atoms with Gasteiger partial charge in [-0.1, -0.05) is 12.1 Å². The highest BCUT2D eigenvalue weighted by Gasteiger charge is 2.21. The summed E-state index contributed by atoms with van der Waals surface area (Å²) in [6, 6.07) is 12.0. The van der Waals surface area contributed by atoms with E-state index in [0.29, 0.717) is 36.1 Å². The van der Waals surface area contributed by atoms with Crippen LogP contribution in [0.3, 0.4) is 0 Å². The van der Waals surface area contributed by atoms with Crippen LogP contribution in [-0.2, 0) is 14.8 Å². The fourth-order valence-corrected chi connectivity index (χ4v) is 3.48. The minimum atomic E-state index is -3.61. The first-order valence-corrected chi connectivity index (χ1v) is 9.91. The van der Waals surface area contributed by atoms with E-state index in [-0.39, 0.29) is 6.54 Å². The first-order valence-electron chi connectivity index (χ1n) is 8.07. The Morgan fingerprint density at radius 3 is 2.54 bits per heavy atom. The van der Waals surface area contributed by atoms with Crippen molar-refractivity contribution < 1.29 is 22.7 Å². The summed E-state index contributed by atoms with van der Waals surface area (Å²) < 4.78 is 36.3. The standard InChI is InChI=1S/C18H20N2O5S/c1-13-4-3-5-15(10-13)20(26(2,22)23)12-18(21)19-14-6-7-16-17(11-14)25-9-8-24-16/h3-7,10-11H,8-9,12H2,1-2H3,(H,19,21). The molecule has 1 N–H and O–H groups in total. The SMILES string of the molecule is Cc1cccc(N(CC(=O)Nc2ccc3c(c2)OCCO3)S(C)(=O)=O)c1. The van der Waals surface area contributed by atoms with Crippen LogP contribution in [-0.4, -0.2) is 40.3 Å². The molecule has 0 spiro atoms. The smallest absolute Gasteiger partial charge is 0.245 e. The Morgan fingerprint density at radius 2 is 1.85 bits per heavy atom. The zero-order valence-electron chi connectivity index (χ0n) is 14.6. The average molecular weight is 376 g/mol. The fourth-order valence-electron chi connectivity index (χ4n) is 2.64. The largest absolute Gasteiger partial charge is 0.486 e. The summed E-state index contributed by atoms with van der Waals surface area (Å²) in [4.78, 5) is 12.4. The first kappa shape index (κ1) is 18.1. The van der Waals surface area contributed by atoms with Crippen LogP contribution in [0.5, 0.6) is 11.5 Å². The summed E-state index contributed by atoms with van der Waals surface area (Å²) >= 11 is 0. The molecular formula is C18H20N2O5S. The molecule has 8 heteroatoms. The number of rotatable bonds is 5. The van der Waals surface area contributed by atoms with Gasteiger partial charge in [0.05, 0.1) is 11.9 Å². The van der Waals surface area contributed by atoms with Crippen molar-refractivity contribution in [2.24, 2.45) is 0 Å². The number of anilines is 2. The molecule has 7 nitrogen and oxygen atoms in total. The maximum atomic E-state index is 12.4. The fraction of sp³-hybridized carbons (Fsp3) is 0.278. The lowest BCUT2D eigenvalue weighted by atomic mass is 10.2. The van der Waals surface area contributed by atoms with Crippen LogP contribution in [0.4, 0.5) is 11.4 Å². The molecule has 0 unspecified atom stereocenters. The number of ether oxygens (including phenoxy) is 2. The van der Waals surface area contributed by atoms with E-state index >= 15 is 0 Å². The zero-order chi connectivity index (χ0) is 18.7. The minimum absolute atomic E-state index is 0.323. The van der Waals surface area contributed by atoms with E-state index < -0.39 is 15.9 Å². The number of carbonyl (C=O) groups excluding carboxylic acids is 1. The van der Waals surface area contributed by atoms with Crippen molar-refractivity contribution in [3.05, 3.63) is 48.0 Å². The summed E-state index contributed by atoms with van der Waals surface area (Å²) in [6.07, 6.45) is 1.08. The predicted octanol–water partition coefficient (Wildman–Crippen LogP) is 2.17. The Kier molecular flexibility index (Phi) is 5.03. The average Bonchev–Trinajstić information content (AvgIpc) is 2.58. The Hall–Kier alpha value is -2.74. The van der Waals surface area contributed by atoms with E-state index in [0.717, 1.165) is 16.1 Å². The molecule has 0 aliphatic carbocycles. The highest BCUT2D eigenvalue weighted by molar-refractivity contribution is 7.92. The first-order chi connectivity index (χ1) is 12.3. The topological polar surface area (TPSA) is 84.9 Å². The molecule has 26 heavy (non-hydrogen) atoms. The molecule has 0 fully saturated rings. The molecular weight excluding hydrogens is 356 g/mol. The van der Waals surface area contributed by atoms with Crippen LogP contribution in [0.2, 0.25) is 0 Å². The Bertz CT molecular complexity index is 927. The van der Waals surface area contributed by atoms with Crippen molar-refractivity contribution in [3.63, 3.8) is 0 Å². The maximum absolute atomic E-state index is 12.4.